The van der Waals surface area contributed by atoms with Crippen molar-refractivity contribution >= 4 is 22.4 Å². The molecule has 0 aliphatic rings. The number of hydrogen-bond donors (Lipinski definition) is 2. The fourth-order valence-electron chi connectivity index (χ4n) is 1.92. The van der Waals surface area contributed by atoms with Crippen LogP contribution in [-0.2, 0) is 10.0 Å². The van der Waals surface area contributed by atoms with Crippen LogP contribution in [0.1, 0.15) is 13.8 Å². The molecule has 0 radical (unpaired) electrons. The largest absolute Gasteiger partial charge is 0.324 e. The van der Waals surface area contributed by atoms with Gasteiger partial charge in [-0.1, -0.05) is 48.5 Å². The van der Waals surface area contributed by atoms with Crippen LogP contribution >= 0.6 is 12.4 Å². The van der Waals surface area contributed by atoms with Crippen molar-refractivity contribution in [2.24, 2.45) is 5.73 Å². The average molecular weight is 341 g/mol. The highest BCUT2D eigenvalue weighted by Gasteiger charge is 2.21. The van der Waals surface area contributed by atoms with Crippen LogP contribution in [0.4, 0.5) is 0 Å². The van der Waals surface area contributed by atoms with Crippen molar-refractivity contribution in [1.82, 2.24) is 4.72 Å². The lowest BCUT2D eigenvalue weighted by atomic mass is 10.1. The van der Waals surface area contributed by atoms with Crippen molar-refractivity contribution in [2.75, 3.05) is 6.54 Å². The van der Waals surface area contributed by atoms with Gasteiger partial charge in [0.1, 0.15) is 0 Å². The number of nitrogens with two attached hydrogens (primary N) is 1. The number of hydrogen-bond acceptors (Lipinski definition) is 3. The predicted octanol–water partition coefficient (Wildman–Crippen LogP) is 2.79. The lowest BCUT2D eigenvalue weighted by molar-refractivity contribution is 0.498. The lowest BCUT2D eigenvalue weighted by Gasteiger charge is -2.19. The summed E-state index contributed by atoms with van der Waals surface area (Å²) >= 11 is 0. The van der Waals surface area contributed by atoms with Gasteiger partial charge in [0.2, 0.25) is 10.0 Å². The molecule has 22 heavy (non-hydrogen) atoms. The molecule has 2 aromatic rings. The van der Waals surface area contributed by atoms with Gasteiger partial charge < -0.3 is 5.73 Å². The van der Waals surface area contributed by atoms with Crippen molar-refractivity contribution < 1.29 is 8.42 Å². The molecule has 0 amide bonds. The molecule has 3 N–H and O–H groups in total. The van der Waals surface area contributed by atoms with Gasteiger partial charge in [0.15, 0.2) is 0 Å². The quantitative estimate of drug-likeness (QED) is 0.879. The molecule has 2 rings (SSSR count). The summed E-state index contributed by atoms with van der Waals surface area (Å²) < 4.78 is 27.6. The topological polar surface area (TPSA) is 72.2 Å². The standard InChI is InChI=1S/C16H20N2O2S.ClH/c1-16(2,17)12-18-21(19,20)15-11-7-6-10-14(15)13-8-4-3-5-9-13;/h3-11,18H,12,17H2,1-2H3;1H. The van der Waals surface area contributed by atoms with Crippen LogP contribution < -0.4 is 10.5 Å². The van der Waals surface area contributed by atoms with E-state index in [0.29, 0.717) is 5.56 Å². The Bertz CT molecular complexity index is 710. The lowest BCUT2D eigenvalue weighted by Crippen LogP contribution is -2.45. The molecule has 0 aromatic heterocycles. The van der Waals surface area contributed by atoms with Crippen molar-refractivity contribution in [1.29, 1.82) is 0 Å². The second-order valence-corrected chi connectivity index (χ2v) is 7.41. The van der Waals surface area contributed by atoms with Crippen LogP contribution in [-0.4, -0.2) is 20.5 Å². The Hall–Kier alpha value is -1.40. The van der Waals surface area contributed by atoms with E-state index in [1.807, 2.05) is 36.4 Å². The minimum atomic E-state index is -3.60. The summed E-state index contributed by atoms with van der Waals surface area (Å²) in [6.45, 7) is 3.73. The Morgan fingerprint density at radius 2 is 1.55 bits per heavy atom. The SMILES string of the molecule is CC(C)(N)CNS(=O)(=O)c1ccccc1-c1ccccc1.Cl. The molecular weight excluding hydrogens is 320 g/mol. The highest BCUT2D eigenvalue weighted by atomic mass is 35.5. The molecule has 0 unspecified atom stereocenters. The van der Waals surface area contributed by atoms with E-state index in [1.54, 1.807) is 32.0 Å². The van der Waals surface area contributed by atoms with E-state index in [2.05, 4.69) is 4.72 Å². The number of sulfonamides is 1. The minimum absolute atomic E-state index is 0. The average Bonchev–Trinajstić information content (AvgIpc) is 2.46. The van der Waals surface area contributed by atoms with Gasteiger partial charge in [0.25, 0.3) is 0 Å². The molecule has 0 atom stereocenters. The molecule has 0 aliphatic heterocycles. The van der Waals surface area contributed by atoms with E-state index >= 15 is 0 Å². The Morgan fingerprint density at radius 1 is 1.00 bits per heavy atom. The Labute approximate surface area is 138 Å². The molecule has 120 valence electrons. The van der Waals surface area contributed by atoms with Crippen LogP contribution in [0.2, 0.25) is 0 Å². The zero-order valence-corrected chi connectivity index (χ0v) is 14.2. The normalized spacial score (nSPS) is 11.8. The predicted molar refractivity (Wildman–Crippen MR) is 92.6 cm³/mol. The van der Waals surface area contributed by atoms with Crippen molar-refractivity contribution in [3.63, 3.8) is 0 Å². The summed E-state index contributed by atoms with van der Waals surface area (Å²) in [6.07, 6.45) is 0. The van der Waals surface area contributed by atoms with Crippen LogP contribution in [0.3, 0.4) is 0 Å². The van der Waals surface area contributed by atoms with E-state index in [4.69, 9.17) is 5.73 Å². The molecule has 0 fully saturated rings. The molecule has 0 aliphatic carbocycles. The maximum atomic E-state index is 12.5. The van der Waals surface area contributed by atoms with E-state index < -0.39 is 15.6 Å². The molecule has 6 heteroatoms. The third-order valence-corrected chi connectivity index (χ3v) is 4.44. The Balaban J connectivity index is 0.00000242. The minimum Gasteiger partial charge on any atom is -0.324 e. The zero-order chi connectivity index (χ0) is 15.5. The van der Waals surface area contributed by atoms with Gasteiger partial charge in [0.05, 0.1) is 4.90 Å². The summed E-state index contributed by atoms with van der Waals surface area (Å²) in [5.41, 5.74) is 6.79. The second kappa shape index (κ2) is 7.24. The summed E-state index contributed by atoms with van der Waals surface area (Å²) in [7, 11) is -3.60. The molecule has 0 saturated carbocycles. The summed E-state index contributed by atoms with van der Waals surface area (Å²) in [6, 6.07) is 16.4. The first-order chi connectivity index (χ1) is 9.80. The summed E-state index contributed by atoms with van der Waals surface area (Å²) in [5, 5.41) is 0. The van der Waals surface area contributed by atoms with Gasteiger partial charge in [0, 0.05) is 17.6 Å². The Morgan fingerprint density at radius 3 is 2.14 bits per heavy atom. The van der Waals surface area contributed by atoms with Crippen molar-refractivity contribution in [2.45, 2.75) is 24.3 Å². The van der Waals surface area contributed by atoms with Crippen LogP contribution in [0.25, 0.3) is 11.1 Å². The smallest absolute Gasteiger partial charge is 0.241 e. The number of nitrogens with one attached hydrogen (secondary N) is 1. The first-order valence-electron chi connectivity index (χ1n) is 6.73. The molecule has 0 bridgehead atoms. The highest BCUT2D eigenvalue weighted by Crippen LogP contribution is 2.26. The first-order valence-corrected chi connectivity index (χ1v) is 8.21. The fourth-order valence-corrected chi connectivity index (χ4v) is 3.37. The highest BCUT2D eigenvalue weighted by molar-refractivity contribution is 7.89. The van der Waals surface area contributed by atoms with Gasteiger partial charge in [-0.3, -0.25) is 0 Å². The number of benzene rings is 2. The first kappa shape index (κ1) is 18.6. The third-order valence-electron chi connectivity index (χ3n) is 2.98. The van der Waals surface area contributed by atoms with Gasteiger partial charge in [-0.25, -0.2) is 13.1 Å². The maximum absolute atomic E-state index is 12.5. The van der Waals surface area contributed by atoms with E-state index in [-0.39, 0.29) is 23.8 Å². The molecule has 2 aromatic carbocycles. The van der Waals surface area contributed by atoms with Gasteiger partial charge >= 0.3 is 0 Å². The molecule has 4 nitrogen and oxygen atoms in total. The fraction of sp³-hybridized carbons (Fsp3) is 0.250. The van der Waals surface area contributed by atoms with Gasteiger partial charge in [-0.15, -0.1) is 12.4 Å². The van der Waals surface area contributed by atoms with E-state index in [0.717, 1.165) is 5.56 Å². The number of rotatable bonds is 5. The second-order valence-electron chi connectivity index (χ2n) is 5.68. The van der Waals surface area contributed by atoms with Crippen LogP contribution in [0, 0.1) is 0 Å². The third kappa shape index (κ3) is 4.81. The molecule has 0 saturated heterocycles. The summed E-state index contributed by atoms with van der Waals surface area (Å²) in [5.74, 6) is 0. The van der Waals surface area contributed by atoms with Crippen LogP contribution in [0.15, 0.2) is 59.5 Å². The van der Waals surface area contributed by atoms with Gasteiger partial charge in [-0.2, -0.15) is 0 Å². The van der Waals surface area contributed by atoms with Crippen molar-refractivity contribution in [3.05, 3.63) is 54.6 Å². The molecule has 0 heterocycles. The van der Waals surface area contributed by atoms with E-state index in [9.17, 15) is 8.42 Å². The number of halogens is 1. The monoisotopic (exact) mass is 340 g/mol. The van der Waals surface area contributed by atoms with Crippen LogP contribution in [0.5, 0.6) is 0 Å². The zero-order valence-electron chi connectivity index (χ0n) is 12.6. The van der Waals surface area contributed by atoms with Crippen molar-refractivity contribution in [3.8, 4) is 11.1 Å². The Kier molecular flexibility index (Phi) is 6.14. The maximum Gasteiger partial charge on any atom is 0.241 e. The summed E-state index contributed by atoms with van der Waals surface area (Å²) in [4.78, 5) is 0.264. The van der Waals surface area contributed by atoms with Gasteiger partial charge in [-0.05, 0) is 25.5 Å². The molecule has 0 spiro atoms. The van der Waals surface area contributed by atoms with E-state index in [1.165, 1.54) is 0 Å². The molecular formula is C16H21ClN2O2S.